The Bertz CT molecular complexity index is 1220. The van der Waals surface area contributed by atoms with Gasteiger partial charge >= 0.3 is 0 Å². The van der Waals surface area contributed by atoms with E-state index in [1.807, 2.05) is 31.3 Å². The molecule has 2 aromatic carbocycles. The maximum absolute atomic E-state index is 12.3. The molecular weight excluding hydrogens is 544 g/mol. The molecule has 29 heavy (non-hydrogen) atoms. The standard InChI is InChI=1S/C19H13Br2ClN4O2S/c1-26-18(16-7-10-6-11(20)2-5-15(10)28-16)24-25-19(26)29-9-17(27)23-12-3-4-13(21)14(22)8-12/h2-8H,9H2,1H3,(H,23,27). The first-order valence-corrected chi connectivity index (χ1v) is 11.3. The monoisotopic (exact) mass is 554 g/mol. The maximum atomic E-state index is 12.3. The minimum Gasteiger partial charge on any atom is -0.453 e. The average Bonchev–Trinajstić information content (AvgIpc) is 3.25. The summed E-state index contributed by atoms with van der Waals surface area (Å²) in [5.74, 6) is 1.24. The van der Waals surface area contributed by atoms with Crippen LogP contribution in [0.4, 0.5) is 5.69 Å². The molecule has 0 aliphatic carbocycles. The van der Waals surface area contributed by atoms with E-state index in [2.05, 4.69) is 47.4 Å². The minimum atomic E-state index is -0.161. The number of amides is 1. The third-order valence-corrected chi connectivity index (χ3v) is 6.82. The number of nitrogens with one attached hydrogen (secondary N) is 1. The minimum absolute atomic E-state index is 0.161. The highest BCUT2D eigenvalue weighted by molar-refractivity contribution is 9.10. The molecule has 4 aromatic rings. The number of fused-ring (bicyclic) bond motifs is 1. The van der Waals surface area contributed by atoms with Crippen molar-refractivity contribution in [2.24, 2.45) is 7.05 Å². The highest BCUT2D eigenvalue weighted by Gasteiger charge is 2.16. The zero-order valence-electron chi connectivity index (χ0n) is 14.9. The van der Waals surface area contributed by atoms with E-state index in [1.54, 1.807) is 22.8 Å². The van der Waals surface area contributed by atoms with Crippen LogP contribution < -0.4 is 5.32 Å². The molecule has 0 radical (unpaired) electrons. The fourth-order valence-electron chi connectivity index (χ4n) is 2.68. The first-order chi connectivity index (χ1) is 13.9. The second-order valence-corrected chi connectivity index (χ2v) is 9.24. The fourth-order valence-corrected chi connectivity index (χ4v) is 4.20. The van der Waals surface area contributed by atoms with Gasteiger partial charge in [-0.25, -0.2) is 0 Å². The van der Waals surface area contributed by atoms with E-state index in [1.165, 1.54) is 11.8 Å². The largest absolute Gasteiger partial charge is 0.453 e. The Morgan fingerprint density at radius 3 is 2.83 bits per heavy atom. The number of rotatable bonds is 5. The molecule has 0 aliphatic rings. The number of nitrogens with zero attached hydrogens (tertiary/aromatic N) is 3. The Hall–Kier alpha value is -1.81. The Morgan fingerprint density at radius 2 is 2.03 bits per heavy atom. The molecule has 1 N–H and O–H groups in total. The Kier molecular flexibility index (Phi) is 6.00. The molecule has 2 aromatic heterocycles. The highest BCUT2D eigenvalue weighted by Crippen LogP contribution is 2.30. The zero-order chi connectivity index (χ0) is 20.5. The fraction of sp³-hybridized carbons (Fsp3) is 0.105. The van der Waals surface area contributed by atoms with Gasteiger partial charge in [0.1, 0.15) is 5.58 Å². The van der Waals surface area contributed by atoms with Crippen molar-refractivity contribution < 1.29 is 9.21 Å². The first-order valence-electron chi connectivity index (χ1n) is 8.37. The summed E-state index contributed by atoms with van der Waals surface area (Å²) >= 11 is 14.1. The van der Waals surface area contributed by atoms with Crippen LogP contribution >= 0.6 is 55.2 Å². The number of anilines is 1. The normalized spacial score (nSPS) is 11.2. The SMILES string of the molecule is Cn1c(SCC(=O)Nc2ccc(Br)c(Cl)c2)nnc1-c1cc2cc(Br)ccc2o1. The molecule has 6 nitrogen and oxygen atoms in total. The van der Waals surface area contributed by atoms with Crippen LogP contribution in [0.15, 0.2) is 61.0 Å². The quantitative estimate of drug-likeness (QED) is 0.299. The number of halogens is 3. The molecule has 4 rings (SSSR count). The predicted molar refractivity (Wildman–Crippen MR) is 122 cm³/mol. The van der Waals surface area contributed by atoms with Gasteiger partial charge in [-0.1, -0.05) is 39.3 Å². The van der Waals surface area contributed by atoms with Crippen molar-refractivity contribution >= 4 is 77.8 Å². The Morgan fingerprint density at radius 1 is 1.21 bits per heavy atom. The lowest BCUT2D eigenvalue weighted by Crippen LogP contribution is -2.14. The predicted octanol–water partition coefficient (Wildman–Crippen LogP) is 6.14. The Balaban J connectivity index is 1.45. The van der Waals surface area contributed by atoms with Crippen LogP contribution in [-0.2, 0) is 11.8 Å². The van der Waals surface area contributed by atoms with Gasteiger partial charge in [0.05, 0.1) is 10.8 Å². The second-order valence-electron chi connectivity index (χ2n) is 6.12. The zero-order valence-corrected chi connectivity index (χ0v) is 19.7. The number of furan rings is 1. The summed E-state index contributed by atoms with van der Waals surface area (Å²) in [7, 11) is 1.84. The Labute approximate surface area is 192 Å². The van der Waals surface area contributed by atoms with Crippen LogP contribution in [0.3, 0.4) is 0 Å². The lowest BCUT2D eigenvalue weighted by atomic mass is 10.2. The van der Waals surface area contributed by atoms with Crippen molar-refractivity contribution in [3.05, 3.63) is 56.4 Å². The number of aromatic nitrogens is 3. The molecule has 1 amide bonds. The average molecular weight is 557 g/mol. The lowest BCUT2D eigenvalue weighted by molar-refractivity contribution is -0.113. The van der Waals surface area contributed by atoms with Crippen molar-refractivity contribution in [2.75, 3.05) is 11.1 Å². The highest BCUT2D eigenvalue weighted by atomic mass is 79.9. The summed E-state index contributed by atoms with van der Waals surface area (Å²) in [5, 5.41) is 13.3. The van der Waals surface area contributed by atoms with Gasteiger partial charge in [0, 0.05) is 27.1 Å². The van der Waals surface area contributed by atoms with Crippen molar-refractivity contribution in [3.8, 4) is 11.6 Å². The molecule has 0 spiro atoms. The molecule has 0 saturated heterocycles. The van der Waals surface area contributed by atoms with E-state index in [0.717, 1.165) is 19.9 Å². The number of benzene rings is 2. The molecule has 0 atom stereocenters. The molecule has 148 valence electrons. The molecule has 0 saturated carbocycles. The van der Waals surface area contributed by atoms with Crippen molar-refractivity contribution in [2.45, 2.75) is 5.16 Å². The number of carbonyl (C=O) groups excluding carboxylic acids is 1. The smallest absolute Gasteiger partial charge is 0.234 e. The summed E-state index contributed by atoms with van der Waals surface area (Å²) < 4.78 is 9.44. The van der Waals surface area contributed by atoms with Gasteiger partial charge in [0.15, 0.2) is 16.7 Å². The molecule has 0 fully saturated rings. The van der Waals surface area contributed by atoms with Gasteiger partial charge in [-0.15, -0.1) is 10.2 Å². The maximum Gasteiger partial charge on any atom is 0.234 e. The number of carbonyl (C=O) groups is 1. The summed E-state index contributed by atoms with van der Waals surface area (Å²) in [4.78, 5) is 12.3. The van der Waals surface area contributed by atoms with Gasteiger partial charge in [-0.3, -0.25) is 4.79 Å². The van der Waals surface area contributed by atoms with Gasteiger partial charge < -0.3 is 14.3 Å². The van der Waals surface area contributed by atoms with Gasteiger partial charge in [-0.05, 0) is 58.4 Å². The summed E-state index contributed by atoms with van der Waals surface area (Å²) in [6.07, 6.45) is 0. The van der Waals surface area contributed by atoms with Crippen molar-refractivity contribution in [3.63, 3.8) is 0 Å². The van der Waals surface area contributed by atoms with Crippen LogP contribution in [0.1, 0.15) is 0 Å². The van der Waals surface area contributed by atoms with Gasteiger partial charge in [-0.2, -0.15) is 0 Å². The van der Waals surface area contributed by atoms with Crippen LogP contribution in [-0.4, -0.2) is 26.4 Å². The van der Waals surface area contributed by atoms with E-state index in [4.69, 9.17) is 16.0 Å². The summed E-state index contributed by atoms with van der Waals surface area (Å²) in [5.41, 5.74) is 1.41. The molecule has 0 unspecified atom stereocenters. The van der Waals surface area contributed by atoms with Crippen LogP contribution in [0.2, 0.25) is 5.02 Å². The van der Waals surface area contributed by atoms with Gasteiger partial charge in [0.25, 0.3) is 0 Å². The number of hydrogen-bond donors (Lipinski definition) is 1. The van der Waals surface area contributed by atoms with Crippen LogP contribution in [0.25, 0.3) is 22.6 Å². The van der Waals surface area contributed by atoms with E-state index in [9.17, 15) is 4.79 Å². The lowest BCUT2D eigenvalue weighted by Gasteiger charge is -2.06. The van der Waals surface area contributed by atoms with Crippen molar-refractivity contribution in [1.29, 1.82) is 0 Å². The van der Waals surface area contributed by atoms with E-state index >= 15 is 0 Å². The second kappa shape index (κ2) is 8.51. The first kappa shape index (κ1) is 20.5. The van der Waals surface area contributed by atoms with E-state index < -0.39 is 0 Å². The molecule has 10 heteroatoms. The third-order valence-electron chi connectivity index (χ3n) is 4.07. The third kappa shape index (κ3) is 4.53. The topological polar surface area (TPSA) is 73.0 Å². The molecule has 0 bridgehead atoms. The number of hydrogen-bond acceptors (Lipinski definition) is 5. The van der Waals surface area contributed by atoms with Crippen LogP contribution in [0, 0.1) is 0 Å². The molecule has 2 heterocycles. The summed E-state index contributed by atoms with van der Waals surface area (Å²) in [6.45, 7) is 0. The van der Waals surface area contributed by atoms with Gasteiger partial charge in [0.2, 0.25) is 5.91 Å². The summed E-state index contributed by atoms with van der Waals surface area (Å²) in [6, 6.07) is 13.0. The molecule has 0 aliphatic heterocycles. The number of thioether (sulfide) groups is 1. The van der Waals surface area contributed by atoms with E-state index in [0.29, 0.717) is 27.5 Å². The van der Waals surface area contributed by atoms with Crippen LogP contribution in [0.5, 0.6) is 0 Å². The molecular formula is C19H13Br2ClN4O2S. The van der Waals surface area contributed by atoms with E-state index in [-0.39, 0.29) is 11.7 Å². The van der Waals surface area contributed by atoms with Crippen molar-refractivity contribution in [1.82, 2.24) is 14.8 Å².